The van der Waals surface area contributed by atoms with E-state index >= 15 is 0 Å². The molecule has 0 saturated heterocycles. The maximum Gasteiger partial charge on any atom is 0.348 e. The van der Waals surface area contributed by atoms with Crippen LogP contribution in [0.15, 0.2) is 4.21 Å². The third kappa shape index (κ3) is 3.84. The van der Waals surface area contributed by atoms with Gasteiger partial charge in [-0.3, -0.25) is 0 Å². The zero-order valence-electron chi connectivity index (χ0n) is 13.3. The van der Waals surface area contributed by atoms with E-state index in [0.29, 0.717) is 11.3 Å². The number of hydrogen-bond acceptors (Lipinski definition) is 7. The Balaban J connectivity index is 3.59. The van der Waals surface area contributed by atoms with Gasteiger partial charge in [0.25, 0.3) is 10.0 Å². The van der Waals surface area contributed by atoms with E-state index in [9.17, 15) is 18.0 Å². The minimum absolute atomic E-state index is 0.0529. The summed E-state index contributed by atoms with van der Waals surface area (Å²) >= 11 is 0.684. The first kappa shape index (κ1) is 18.6. The Kier molecular flexibility index (Phi) is 5.37. The number of carbonyl (C=O) groups is 2. The predicted octanol–water partition coefficient (Wildman–Crippen LogP) is 1.71. The minimum Gasteiger partial charge on any atom is -0.465 e. The highest BCUT2D eigenvalue weighted by atomic mass is 32.2. The second-order valence-corrected chi connectivity index (χ2v) is 8.46. The maximum atomic E-state index is 12.5. The molecule has 1 aromatic heterocycles. The van der Waals surface area contributed by atoms with Gasteiger partial charge >= 0.3 is 11.9 Å². The number of sulfonamides is 1. The van der Waals surface area contributed by atoms with Crippen LogP contribution in [0, 0.1) is 6.92 Å². The molecule has 1 N–H and O–H groups in total. The van der Waals surface area contributed by atoms with Crippen molar-refractivity contribution >= 4 is 33.3 Å². The van der Waals surface area contributed by atoms with E-state index in [1.807, 2.05) is 0 Å². The lowest BCUT2D eigenvalue weighted by atomic mass is 10.1. The van der Waals surface area contributed by atoms with Crippen molar-refractivity contribution in [3.8, 4) is 0 Å². The largest absolute Gasteiger partial charge is 0.465 e. The Morgan fingerprint density at radius 1 is 1.09 bits per heavy atom. The maximum absolute atomic E-state index is 12.5. The van der Waals surface area contributed by atoms with Crippen molar-refractivity contribution in [2.24, 2.45) is 0 Å². The topological polar surface area (TPSA) is 98.8 Å². The lowest BCUT2D eigenvalue weighted by Crippen LogP contribution is -2.40. The smallest absolute Gasteiger partial charge is 0.348 e. The number of methoxy groups -OCH3 is 2. The van der Waals surface area contributed by atoms with Gasteiger partial charge < -0.3 is 9.47 Å². The molecule has 0 bridgehead atoms. The normalized spacial score (nSPS) is 12.1. The summed E-state index contributed by atoms with van der Waals surface area (Å²) in [5, 5.41) is 0. The summed E-state index contributed by atoms with van der Waals surface area (Å²) in [7, 11) is -1.66. The van der Waals surface area contributed by atoms with Gasteiger partial charge in [-0.15, -0.1) is 11.3 Å². The van der Waals surface area contributed by atoms with Gasteiger partial charge in [0.2, 0.25) is 0 Å². The van der Waals surface area contributed by atoms with Crippen LogP contribution >= 0.6 is 11.3 Å². The van der Waals surface area contributed by atoms with E-state index in [-0.39, 0.29) is 20.2 Å². The van der Waals surface area contributed by atoms with Crippen LogP contribution in [0.3, 0.4) is 0 Å². The second-order valence-electron chi connectivity index (χ2n) is 5.56. The quantitative estimate of drug-likeness (QED) is 0.831. The third-order valence-corrected chi connectivity index (χ3v) is 6.11. The number of ether oxygens (including phenoxy) is 2. The number of hydrogen-bond donors (Lipinski definition) is 1. The molecule has 7 nitrogen and oxygen atoms in total. The SMILES string of the molecule is COC(=O)c1sc(S(=O)(=O)NC(C)(C)C)c(C(=O)OC)c1C. The van der Waals surface area contributed by atoms with E-state index in [4.69, 9.17) is 0 Å². The molecule has 1 rings (SSSR count). The predicted molar refractivity (Wildman–Crippen MR) is 81.8 cm³/mol. The molecule has 0 fully saturated rings. The molecule has 0 aliphatic rings. The molecule has 0 unspecified atom stereocenters. The van der Waals surface area contributed by atoms with Crippen molar-refractivity contribution in [3.05, 3.63) is 16.0 Å². The van der Waals surface area contributed by atoms with Crippen molar-refractivity contribution < 1.29 is 27.5 Å². The van der Waals surface area contributed by atoms with E-state index in [0.717, 1.165) is 7.11 Å². The van der Waals surface area contributed by atoms with Crippen LogP contribution in [0.25, 0.3) is 0 Å². The molecule has 0 radical (unpaired) electrons. The fraction of sp³-hybridized carbons (Fsp3) is 0.538. The molecule has 124 valence electrons. The second kappa shape index (κ2) is 6.35. The van der Waals surface area contributed by atoms with Crippen LogP contribution in [-0.4, -0.2) is 40.1 Å². The monoisotopic (exact) mass is 349 g/mol. The molecular formula is C13H19NO6S2. The summed E-state index contributed by atoms with van der Waals surface area (Å²) in [6, 6.07) is 0. The standard InChI is InChI=1S/C13H19NO6S2/c1-7-8(10(15)19-5)12(21-9(7)11(16)20-6)22(17,18)14-13(2,3)4/h14H,1-6H3. The lowest BCUT2D eigenvalue weighted by molar-refractivity contribution is 0.0596. The molecule has 1 heterocycles. The molecule has 0 atom stereocenters. The van der Waals surface area contributed by atoms with Crippen molar-refractivity contribution in [2.75, 3.05) is 14.2 Å². The molecule has 9 heteroatoms. The average Bonchev–Trinajstić information content (AvgIpc) is 2.72. The fourth-order valence-electron chi connectivity index (χ4n) is 1.75. The molecule has 0 aliphatic heterocycles. The highest BCUT2D eigenvalue weighted by Gasteiger charge is 2.34. The average molecular weight is 349 g/mol. The van der Waals surface area contributed by atoms with Crippen molar-refractivity contribution in [1.29, 1.82) is 0 Å². The van der Waals surface area contributed by atoms with Crippen molar-refractivity contribution in [2.45, 2.75) is 37.4 Å². The van der Waals surface area contributed by atoms with Crippen LogP contribution in [0.1, 0.15) is 46.4 Å². The highest BCUT2D eigenvalue weighted by molar-refractivity contribution is 7.91. The number of carbonyl (C=O) groups excluding carboxylic acids is 2. The van der Waals surface area contributed by atoms with Gasteiger partial charge in [-0.05, 0) is 33.3 Å². The molecular weight excluding hydrogens is 330 g/mol. The zero-order chi connectivity index (χ0) is 17.3. The number of nitrogens with one attached hydrogen (secondary N) is 1. The summed E-state index contributed by atoms with van der Waals surface area (Å²) in [5.41, 5.74) is -0.669. The highest BCUT2D eigenvalue weighted by Crippen LogP contribution is 2.33. The fourth-order valence-corrected chi connectivity index (χ4v) is 4.92. The van der Waals surface area contributed by atoms with Crippen LogP contribution in [0.4, 0.5) is 0 Å². The lowest BCUT2D eigenvalue weighted by Gasteiger charge is -2.20. The summed E-state index contributed by atoms with van der Waals surface area (Å²) in [6.07, 6.45) is 0. The first-order valence-corrected chi connectivity index (χ1v) is 8.58. The summed E-state index contributed by atoms with van der Waals surface area (Å²) in [4.78, 5) is 23.7. The number of thiophene rings is 1. The van der Waals surface area contributed by atoms with Crippen molar-refractivity contribution in [1.82, 2.24) is 4.72 Å². The van der Waals surface area contributed by atoms with Crippen LogP contribution in [0.2, 0.25) is 0 Å². The first-order chi connectivity index (χ1) is 9.94. The van der Waals surface area contributed by atoms with Crippen LogP contribution < -0.4 is 4.72 Å². The van der Waals surface area contributed by atoms with Crippen LogP contribution in [-0.2, 0) is 19.5 Å². The number of rotatable bonds is 4. The molecule has 0 spiro atoms. The Morgan fingerprint density at radius 2 is 1.59 bits per heavy atom. The Labute approximate surface area is 133 Å². The minimum atomic E-state index is -3.99. The summed E-state index contributed by atoms with van der Waals surface area (Å²) in [5.74, 6) is -1.52. The van der Waals surface area contributed by atoms with Crippen molar-refractivity contribution in [3.63, 3.8) is 0 Å². The zero-order valence-corrected chi connectivity index (χ0v) is 14.9. The molecule has 0 aliphatic carbocycles. The van der Waals surface area contributed by atoms with Gasteiger partial charge in [-0.1, -0.05) is 0 Å². The van der Waals surface area contributed by atoms with Gasteiger partial charge in [0, 0.05) is 5.54 Å². The van der Waals surface area contributed by atoms with E-state index in [1.165, 1.54) is 14.0 Å². The summed E-state index contributed by atoms with van der Waals surface area (Å²) < 4.78 is 36.5. The molecule has 0 aromatic carbocycles. The van der Waals surface area contributed by atoms with E-state index in [2.05, 4.69) is 14.2 Å². The molecule has 0 saturated carbocycles. The molecule has 1 aromatic rings. The third-order valence-electron chi connectivity index (χ3n) is 2.56. The van der Waals surface area contributed by atoms with E-state index < -0.39 is 27.5 Å². The van der Waals surface area contributed by atoms with Gasteiger partial charge in [0.15, 0.2) is 4.21 Å². The Morgan fingerprint density at radius 3 is 2.00 bits per heavy atom. The van der Waals surface area contributed by atoms with Gasteiger partial charge in [0.05, 0.1) is 19.8 Å². The number of esters is 2. The van der Waals surface area contributed by atoms with Gasteiger partial charge in [-0.2, -0.15) is 0 Å². The van der Waals surface area contributed by atoms with E-state index in [1.54, 1.807) is 20.8 Å². The molecule has 0 amide bonds. The first-order valence-electron chi connectivity index (χ1n) is 6.28. The molecule has 22 heavy (non-hydrogen) atoms. The van der Waals surface area contributed by atoms with Gasteiger partial charge in [0.1, 0.15) is 4.88 Å². The van der Waals surface area contributed by atoms with Crippen LogP contribution in [0.5, 0.6) is 0 Å². The Bertz CT molecular complexity index is 697. The Hall–Kier alpha value is -1.45. The van der Waals surface area contributed by atoms with Gasteiger partial charge in [-0.25, -0.2) is 22.7 Å². The summed E-state index contributed by atoms with van der Waals surface area (Å²) in [6.45, 7) is 6.49.